The van der Waals surface area contributed by atoms with Crippen molar-refractivity contribution in [2.45, 2.75) is 13.8 Å². The molecule has 0 saturated carbocycles. The van der Waals surface area contributed by atoms with Gasteiger partial charge in [-0.2, -0.15) is 0 Å². The van der Waals surface area contributed by atoms with E-state index in [4.69, 9.17) is 4.74 Å². The van der Waals surface area contributed by atoms with Crippen LogP contribution in [0.5, 0.6) is 5.75 Å². The van der Waals surface area contributed by atoms with Gasteiger partial charge in [-0.15, -0.1) is 0 Å². The summed E-state index contributed by atoms with van der Waals surface area (Å²) in [7, 11) is -1.08. The van der Waals surface area contributed by atoms with Gasteiger partial charge < -0.3 is 15.0 Å². The highest BCUT2D eigenvalue weighted by Crippen LogP contribution is 2.07. The molecule has 0 amide bonds. The lowest BCUT2D eigenvalue weighted by Gasteiger charge is -2.22. The number of nitrogens with zero attached hydrogens (tertiary/aromatic N) is 2. The molecule has 23 heavy (non-hydrogen) atoms. The standard InChI is InChI=1S/C16H27N3O3S/c1-4-17-16(18-11-14-23(20,21)5-2)19(3)12-13-22-15-9-7-6-8-10-15/h6-10H,4-5,11-14H2,1-3H3,(H,17,18). The van der Waals surface area contributed by atoms with Crippen LogP contribution in [0, 0.1) is 0 Å². The Morgan fingerprint density at radius 1 is 1.26 bits per heavy atom. The number of para-hydroxylation sites is 1. The fourth-order valence-corrected chi connectivity index (χ4v) is 2.49. The van der Waals surface area contributed by atoms with Gasteiger partial charge in [-0.05, 0) is 19.1 Å². The number of nitrogens with one attached hydrogen (secondary N) is 1. The van der Waals surface area contributed by atoms with Crippen LogP contribution in [0.4, 0.5) is 0 Å². The predicted octanol–water partition coefficient (Wildman–Crippen LogP) is 1.40. The number of aliphatic imine (C=N–C) groups is 1. The summed E-state index contributed by atoms with van der Waals surface area (Å²) >= 11 is 0. The third-order valence-electron chi connectivity index (χ3n) is 3.24. The molecule has 0 aromatic heterocycles. The molecule has 0 atom stereocenters. The van der Waals surface area contributed by atoms with Gasteiger partial charge in [0, 0.05) is 19.3 Å². The van der Waals surface area contributed by atoms with Crippen molar-refractivity contribution in [3.63, 3.8) is 0 Å². The molecular weight excluding hydrogens is 314 g/mol. The van der Waals surface area contributed by atoms with Crippen LogP contribution in [-0.2, 0) is 9.84 Å². The van der Waals surface area contributed by atoms with Crippen LogP contribution in [0.2, 0.25) is 0 Å². The van der Waals surface area contributed by atoms with E-state index >= 15 is 0 Å². The molecule has 130 valence electrons. The first kappa shape index (κ1) is 19.3. The summed E-state index contributed by atoms with van der Waals surface area (Å²) in [4.78, 5) is 6.30. The first-order chi connectivity index (χ1) is 11.0. The number of guanidine groups is 1. The number of ether oxygens (including phenoxy) is 1. The van der Waals surface area contributed by atoms with Crippen molar-refractivity contribution in [2.24, 2.45) is 4.99 Å². The molecule has 6 nitrogen and oxygen atoms in total. The molecule has 0 aliphatic carbocycles. The molecule has 0 aliphatic rings. The van der Waals surface area contributed by atoms with Crippen molar-refractivity contribution in [3.05, 3.63) is 30.3 Å². The van der Waals surface area contributed by atoms with Gasteiger partial charge in [0.25, 0.3) is 0 Å². The number of sulfone groups is 1. The Kier molecular flexibility index (Phi) is 8.47. The zero-order chi connectivity index (χ0) is 17.1. The Balaban J connectivity index is 2.48. The maximum atomic E-state index is 11.5. The van der Waals surface area contributed by atoms with Crippen LogP contribution < -0.4 is 10.1 Å². The zero-order valence-electron chi connectivity index (χ0n) is 14.2. The molecule has 1 aromatic rings. The van der Waals surface area contributed by atoms with Gasteiger partial charge in [0.1, 0.15) is 12.4 Å². The van der Waals surface area contributed by atoms with E-state index in [1.54, 1.807) is 6.92 Å². The smallest absolute Gasteiger partial charge is 0.193 e. The molecule has 0 fully saturated rings. The molecule has 1 aromatic carbocycles. The van der Waals surface area contributed by atoms with E-state index < -0.39 is 9.84 Å². The Morgan fingerprint density at radius 2 is 1.96 bits per heavy atom. The molecule has 0 bridgehead atoms. The molecular formula is C16H27N3O3S. The van der Waals surface area contributed by atoms with Crippen molar-refractivity contribution in [2.75, 3.05) is 44.8 Å². The lowest BCUT2D eigenvalue weighted by atomic mass is 10.3. The summed E-state index contributed by atoms with van der Waals surface area (Å²) < 4.78 is 28.7. The predicted molar refractivity (Wildman–Crippen MR) is 94.9 cm³/mol. The van der Waals surface area contributed by atoms with Crippen molar-refractivity contribution >= 4 is 15.8 Å². The average molecular weight is 341 g/mol. The van der Waals surface area contributed by atoms with Gasteiger partial charge in [0.2, 0.25) is 0 Å². The highest BCUT2D eigenvalue weighted by Gasteiger charge is 2.09. The van der Waals surface area contributed by atoms with E-state index in [0.717, 1.165) is 12.3 Å². The Morgan fingerprint density at radius 3 is 2.57 bits per heavy atom. The summed E-state index contributed by atoms with van der Waals surface area (Å²) in [5, 5.41) is 3.16. The van der Waals surface area contributed by atoms with Crippen LogP contribution in [0.25, 0.3) is 0 Å². The monoisotopic (exact) mass is 341 g/mol. The summed E-state index contributed by atoms with van der Waals surface area (Å²) in [6, 6.07) is 9.63. The second-order valence-corrected chi connectivity index (χ2v) is 7.53. The summed E-state index contributed by atoms with van der Waals surface area (Å²) in [6.45, 7) is 5.80. The number of likely N-dealkylation sites (N-methyl/N-ethyl adjacent to an activating group) is 1. The topological polar surface area (TPSA) is 71.0 Å². The maximum Gasteiger partial charge on any atom is 0.193 e. The van der Waals surface area contributed by atoms with Gasteiger partial charge in [0.15, 0.2) is 15.8 Å². The normalized spacial score (nSPS) is 12.0. The Labute approximate surface area is 139 Å². The van der Waals surface area contributed by atoms with E-state index in [0.29, 0.717) is 19.1 Å². The minimum atomic E-state index is -2.99. The van der Waals surface area contributed by atoms with Gasteiger partial charge in [0.05, 0.1) is 18.8 Å². The van der Waals surface area contributed by atoms with E-state index in [2.05, 4.69) is 10.3 Å². The van der Waals surface area contributed by atoms with Gasteiger partial charge in [-0.1, -0.05) is 25.1 Å². The largest absolute Gasteiger partial charge is 0.492 e. The van der Waals surface area contributed by atoms with Crippen molar-refractivity contribution < 1.29 is 13.2 Å². The van der Waals surface area contributed by atoms with Crippen molar-refractivity contribution in [1.29, 1.82) is 0 Å². The lowest BCUT2D eigenvalue weighted by Crippen LogP contribution is -2.41. The third-order valence-corrected chi connectivity index (χ3v) is 4.92. The zero-order valence-corrected chi connectivity index (χ0v) is 15.0. The second kappa shape index (κ2) is 10.1. The van der Waals surface area contributed by atoms with Crippen LogP contribution in [0.15, 0.2) is 35.3 Å². The molecule has 0 heterocycles. The number of rotatable bonds is 9. The second-order valence-electron chi connectivity index (χ2n) is 5.06. The van der Waals surface area contributed by atoms with Crippen molar-refractivity contribution in [1.82, 2.24) is 10.2 Å². The highest BCUT2D eigenvalue weighted by molar-refractivity contribution is 7.91. The van der Waals surface area contributed by atoms with E-state index in [1.165, 1.54) is 0 Å². The average Bonchev–Trinajstić information content (AvgIpc) is 2.55. The Bertz CT molecular complexity index is 573. The molecule has 1 N–H and O–H groups in total. The van der Waals surface area contributed by atoms with Gasteiger partial charge in [-0.3, -0.25) is 4.99 Å². The van der Waals surface area contributed by atoms with Crippen LogP contribution in [0.1, 0.15) is 13.8 Å². The minimum absolute atomic E-state index is 0.0761. The quantitative estimate of drug-likeness (QED) is 0.543. The molecule has 0 spiro atoms. The molecule has 1 rings (SSSR count). The van der Waals surface area contributed by atoms with Crippen LogP contribution in [0.3, 0.4) is 0 Å². The number of benzene rings is 1. The fraction of sp³-hybridized carbons (Fsp3) is 0.562. The van der Waals surface area contributed by atoms with E-state index in [1.807, 2.05) is 49.2 Å². The van der Waals surface area contributed by atoms with Crippen LogP contribution in [-0.4, -0.2) is 64.1 Å². The van der Waals surface area contributed by atoms with Gasteiger partial charge >= 0.3 is 0 Å². The lowest BCUT2D eigenvalue weighted by molar-refractivity contribution is 0.281. The van der Waals surface area contributed by atoms with Crippen LogP contribution >= 0.6 is 0 Å². The molecule has 0 aliphatic heterocycles. The van der Waals surface area contributed by atoms with E-state index in [9.17, 15) is 8.42 Å². The number of hydrogen-bond donors (Lipinski definition) is 1. The summed E-state index contributed by atoms with van der Waals surface area (Å²) in [6.07, 6.45) is 0. The SMILES string of the molecule is CCNC(=NCCS(=O)(=O)CC)N(C)CCOc1ccccc1. The minimum Gasteiger partial charge on any atom is -0.492 e. The summed E-state index contributed by atoms with van der Waals surface area (Å²) in [5.41, 5.74) is 0. The molecule has 0 saturated heterocycles. The van der Waals surface area contributed by atoms with E-state index in [-0.39, 0.29) is 18.1 Å². The number of hydrogen-bond acceptors (Lipinski definition) is 4. The first-order valence-electron chi connectivity index (χ1n) is 7.86. The molecule has 7 heteroatoms. The van der Waals surface area contributed by atoms with Gasteiger partial charge in [-0.25, -0.2) is 8.42 Å². The summed E-state index contributed by atoms with van der Waals surface area (Å²) in [5.74, 6) is 1.75. The Hall–Kier alpha value is -1.76. The highest BCUT2D eigenvalue weighted by atomic mass is 32.2. The molecule has 0 unspecified atom stereocenters. The maximum absolute atomic E-state index is 11.5. The molecule has 0 radical (unpaired) electrons. The van der Waals surface area contributed by atoms with Crippen molar-refractivity contribution in [3.8, 4) is 5.75 Å². The fourth-order valence-electron chi connectivity index (χ4n) is 1.83. The third kappa shape index (κ3) is 7.88. The first-order valence-corrected chi connectivity index (χ1v) is 9.68.